The number of anilines is 2. The molecule has 11 nitrogen and oxygen atoms in total. The summed E-state index contributed by atoms with van der Waals surface area (Å²) in [6, 6.07) is 7.94. The van der Waals surface area contributed by atoms with Gasteiger partial charge in [-0.15, -0.1) is 0 Å². The number of aromatic amines is 1. The third kappa shape index (κ3) is 3.54. The van der Waals surface area contributed by atoms with Gasteiger partial charge in [0, 0.05) is 41.3 Å². The molecule has 3 aliphatic heterocycles. The van der Waals surface area contributed by atoms with Gasteiger partial charge in [-0.1, -0.05) is 17.7 Å². The summed E-state index contributed by atoms with van der Waals surface area (Å²) >= 11 is 5.89. The molecule has 5 heterocycles. The normalized spacial score (nSPS) is 26.3. The number of halogens is 1. The first-order chi connectivity index (χ1) is 16.8. The zero-order valence-corrected chi connectivity index (χ0v) is 19.5. The van der Waals surface area contributed by atoms with Crippen molar-refractivity contribution in [2.45, 2.75) is 43.3 Å². The van der Waals surface area contributed by atoms with Gasteiger partial charge in [-0.25, -0.2) is 9.97 Å². The summed E-state index contributed by atoms with van der Waals surface area (Å²) in [6.45, 7) is 0.602. The Morgan fingerprint density at radius 2 is 1.89 bits per heavy atom. The lowest BCUT2D eigenvalue weighted by Gasteiger charge is -2.44. The molecule has 2 unspecified atom stereocenters. The zero-order chi connectivity index (χ0) is 24.3. The van der Waals surface area contributed by atoms with Crippen molar-refractivity contribution in [3.05, 3.63) is 46.9 Å². The highest BCUT2D eigenvalue weighted by atomic mass is 35.5. The summed E-state index contributed by atoms with van der Waals surface area (Å²) in [7, 11) is 0. The Balaban J connectivity index is 1.20. The number of piperidine rings is 1. The van der Waals surface area contributed by atoms with Gasteiger partial charge >= 0.3 is 5.91 Å². The van der Waals surface area contributed by atoms with E-state index in [0.29, 0.717) is 12.5 Å². The van der Waals surface area contributed by atoms with Gasteiger partial charge < -0.3 is 32.0 Å². The topological polar surface area (TPSA) is 167 Å². The average Bonchev–Trinajstić information content (AvgIpc) is 3.52. The fourth-order valence-electron chi connectivity index (χ4n) is 5.75. The molecule has 1 aromatic carbocycles. The number of carbonyl (C=O) groups is 2. The Morgan fingerprint density at radius 3 is 2.66 bits per heavy atom. The third-order valence-corrected chi connectivity index (χ3v) is 7.51. The lowest BCUT2D eigenvalue weighted by Crippen LogP contribution is -2.58. The van der Waals surface area contributed by atoms with Gasteiger partial charge in [0.2, 0.25) is 0 Å². The van der Waals surface area contributed by atoms with E-state index in [2.05, 4.69) is 35.5 Å². The van der Waals surface area contributed by atoms with Crippen molar-refractivity contribution in [1.82, 2.24) is 30.5 Å². The first-order valence-corrected chi connectivity index (χ1v) is 11.8. The maximum atomic E-state index is 13.6. The summed E-state index contributed by atoms with van der Waals surface area (Å²) in [6.07, 6.45) is 5.27. The van der Waals surface area contributed by atoms with E-state index in [1.807, 2.05) is 30.5 Å². The lowest BCUT2D eigenvalue weighted by atomic mass is 9.83. The van der Waals surface area contributed by atoms with Crippen molar-refractivity contribution >= 4 is 51.9 Å². The van der Waals surface area contributed by atoms with E-state index >= 15 is 0 Å². The SMILES string of the molecule is Nc1nc(N)c(C(=O)/N=C2\NCC3(CC4CCC(C3)N4C(=O)c3cccc4[nH]ccc34)N2)nc1Cl. The van der Waals surface area contributed by atoms with Crippen LogP contribution in [0.4, 0.5) is 11.6 Å². The molecule has 0 saturated carbocycles. The molecule has 35 heavy (non-hydrogen) atoms. The van der Waals surface area contributed by atoms with Crippen LogP contribution in [-0.4, -0.2) is 61.8 Å². The summed E-state index contributed by atoms with van der Waals surface area (Å²) in [4.78, 5) is 43.4. The van der Waals surface area contributed by atoms with E-state index in [9.17, 15) is 9.59 Å². The van der Waals surface area contributed by atoms with E-state index < -0.39 is 5.91 Å². The van der Waals surface area contributed by atoms with Crippen molar-refractivity contribution in [1.29, 1.82) is 0 Å². The summed E-state index contributed by atoms with van der Waals surface area (Å²) in [5, 5.41) is 7.44. The number of nitrogens with one attached hydrogen (secondary N) is 3. The van der Waals surface area contributed by atoms with E-state index in [1.165, 1.54) is 0 Å². The zero-order valence-electron chi connectivity index (χ0n) is 18.7. The molecule has 3 aliphatic rings. The Kier molecular flexibility index (Phi) is 4.85. The molecule has 12 heteroatoms. The number of carbonyl (C=O) groups excluding carboxylic acids is 2. The number of hydrogen-bond donors (Lipinski definition) is 5. The number of nitrogens with zero attached hydrogens (tertiary/aromatic N) is 4. The fourth-order valence-corrected chi connectivity index (χ4v) is 5.88. The molecule has 0 radical (unpaired) electrons. The molecular formula is C23H24ClN9O2. The molecular weight excluding hydrogens is 470 g/mol. The number of nitrogens with two attached hydrogens (primary N) is 2. The molecule has 1 spiro atoms. The number of rotatable bonds is 2. The number of nitrogen functional groups attached to an aromatic ring is 2. The Labute approximate surface area is 205 Å². The molecule has 180 valence electrons. The van der Waals surface area contributed by atoms with Crippen LogP contribution in [0.3, 0.4) is 0 Å². The van der Waals surface area contributed by atoms with Crippen LogP contribution in [-0.2, 0) is 0 Å². The molecule has 3 saturated heterocycles. The van der Waals surface area contributed by atoms with Gasteiger partial charge in [0.05, 0.1) is 5.54 Å². The number of amides is 2. The van der Waals surface area contributed by atoms with Crippen LogP contribution >= 0.6 is 11.6 Å². The number of benzene rings is 1. The van der Waals surface area contributed by atoms with Crippen molar-refractivity contribution in [2.24, 2.45) is 4.99 Å². The predicted molar refractivity (Wildman–Crippen MR) is 132 cm³/mol. The van der Waals surface area contributed by atoms with Crippen LogP contribution < -0.4 is 22.1 Å². The van der Waals surface area contributed by atoms with E-state index in [-0.39, 0.29) is 46.0 Å². The minimum atomic E-state index is -0.667. The minimum absolute atomic E-state index is 0.0473. The van der Waals surface area contributed by atoms with Crippen LogP contribution in [0.2, 0.25) is 5.15 Å². The lowest BCUT2D eigenvalue weighted by molar-refractivity contribution is 0.0482. The average molecular weight is 494 g/mol. The van der Waals surface area contributed by atoms with Gasteiger partial charge in [-0.2, -0.15) is 4.99 Å². The number of fused-ring (bicyclic) bond motifs is 3. The van der Waals surface area contributed by atoms with Gasteiger partial charge in [0.15, 0.2) is 28.4 Å². The monoisotopic (exact) mass is 493 g/mol. The quantitative estimate of drug-likeness (QED) is 0.359. The molecule has 3 aromatic rings. The minimum Gasteiger partial charge on any atom is -0.382 e. The Morgan fingerprint density at radius 1 is 1.11 bits per heavy atom. The van der Waals surface area contributed by atoms with E-state index in [4.69, 9.17) is 23.1 Å². The molecule has 0 aliphatic carbocycles. The number of guanidine groups is 1. The molecule has 6 rings (SSSR count). The second-order valence-corrected chi connectivity index (χ2v) is 9.77. The van der Waals surface area contributed by atoms with Crippen LogP contribution in [0.1, 0.15) is 46.5 Å². The molecule has 3 fully saturated rings. The second-order valence-electron chi connectivity index (χ2n) is 9.41. The molecule has 2 aromatic heterocycles. The van der Waals surface area contributed by atoms with Crippen molar-refractivity contribution in [3.8, 4) is 0 Å². The van der Waals surface area contributed by atoms with Crippen LogP contribution in [0.25, 0.3) is 10.9 Å². The predicted octanol–water partition coefficient (Wildman–Crippen LogP) is 1.67. The molecule has 2 atom stereocenters. The van der Waals surface area contributed by atoms with E-state index in [0.717, 1.165) is 42.1 Å². The number of hydrogen-bond acceptors (Lipinski definition) is 6. The fraction of sp³-hybridized carbons (Fsp3) is 0.348. The smallest absolute Gasteiger partial charge is 0.302 e. The largest absolute Gasteiger partial charge is 0.382 e. The first-order valence-electron chi connectivity index (χ1n) is 11.5. The van der Waals surface area contributed by atoms with Crippen LogP contribution in [0, 0.1) is 0 Å². The highest BCUT2D eigenvalue weighted by Gasteiger charge is 2.52. The summed E-state index contributed by atoms with van der Waals surface area (Å²) in [5.41, 5.74) is 12.6. The highest BCUT2D eigenvalue weighted by molar-refractivity contribution is 6.31. The first kappa shape index (κ1) is 21.7. The van der Waals surface area contributed by atoms with Gasteiger partial charge in [0.25, 0.3) is 5.91 Å². The van der Waals surface area contributed by atoms with Gasteiger partial charge in [0.1, 0.15) is 0 Å². The van der Waals surface area contributed by atoms with Crippen molar-refractivity contribution in [2.75, 3.05) is 18.0 Å². The van der Waals surface area contributed by atoms with E-state index in [1.54, 1.807) is 0 Å². The van der Waals surface area contributed by atoms with Gasteiger partial charge in [-0.3, -0.25) is 9.59 Å². The molecule has 2 amide bonds. The van der Waals surface area contributed by atoms with Crippen molar-refractivity contribution < 1.29 is 9.59 Å². The van der Waals surface area contributed by atoms with Crippen LogP contribution in [0.15, 0.2) is 35.5 Å². The highest BCUT2D eigenvalue weighted by Crippen LogP contribution is 2.42. The maximum absolute atomic E-state index is 13.6. The summed E-state index contributed by atoms with van der Waals surface area (Å²) in [5.74, 6) is -0.424. The number of aromatic nitrogens is 3. The molecule has 7 N–H and O–H groups in total. The summed E-state index contributed by atoms with van der Waals surface area (Å²) < 4.78 is 0. The Bertz CT molecular complexity index is 1390. The number of H-pyrrole nitrogens is 1. The van der Waals surface area contributed by atoms with Crippen LogP contribution in [0.5, 0.6) is 0 Å². The third-order valence-electron chi connectivity index (χ3n) is 7.23. The van der Waals surface area contributed by atoms with Gasteiger partial charge in [-0.05, 0) is 43.9 Å². The molecule has 2 bridgehead atoms. The Hall–Kier alpha value is -3.86. The maximum Gasteiger partial charge on any atom is 0.302 e. The van der Waals surface area contributed by atoms with Crippen molar-refractivity contribution in [3.63, 3.8) is 0 Å². The second kappa shape index (κ2) is 7.84. The standard InChI is InChI=1S/C23H24ClN9O2/c24-17-19(26)30-18(25)16(29-17)20(34)31-22-28-10-23(32-22)8-11-4-5-12(9-23)33(11)21(35)14-2-1-3-15-13(14)6-7-27-15/h1-3,6-7,11-12,27H,4-5,8-10H2,(H4,25,26,30)(H2,28,31,32,34). The number of aliphatic imine (C=N–C) groups is 1.